The fourth-order valence-electron chi connectivity index (χ4n) is 2.63. The van der Waals surface area contributed by atoms with E-state index in [9.17, 15) is 0 Å². The van der Waals surface area contributed by atoms with Crippen LogP contribution in [0.4, 0.5) is 0 Å². The fourth-order valence-corrected chi connectivity index (χ4v) is 3.94. The second-order valence-corrected chi connectivity index (χ2v) is 7.36. The first-order valence-corrected chi connectivity index (χ1v) is 9.93. The molecule has 1 aromatic heterocycles. The van der Waals surface area contributed by atoms with Crippen LogP contribution in [0.1, 0.15) is 29.4 Å². The standard InChI is InChI=1S/C20H22ClN3OS/c1-4-24-19(12-25-18-11-7-8-14(2)15(18)3)22-23-20(24)26-13-16-9-5-6-10-17(16)21/h5-11H,4,12-13H2,1-3H3. The summed E-state index contributed by atoms with van der Waals surface area (Å²) in [6.07, 6.45) is 0. The zero-order valence-electron chi connectivity index (χ0n) is 15.2. The van der Waals surface area contributed by atoms with E-state index in [4.69, 9.17) is 16.3 Å². The predicted molar refractivity (Wildman–Crippen MR) is 107 cm³/mol. The van der Waals surface area contributed by atoms with Gasteiger partial charge in [-0.15, -0.1) is 10.2 Å². The van der Waals surface area contributed by atoms with Crippen LogP contribution in [0.2, 0.25) is 5.02 Å². The molecule has 3 aromatic rings. The van der Waals surface area contributed by atoms with Gasteiger partial charge in [0.15, 0.2) is 11.0 Å². The fraction of sp³-hybridized carbons (Fsp3) is 0.300. The number of rotatable bonds is 7. The van der Waals surface area contributed by atoms with Gasteiger partial charge in [-0.3, -0.25) is 0 Å². The molecule has 0 amide bonds. The first kappa shape index (κ1) is 18.8. The minimum atomic E-state index is 0.401. The Labute approximate surface area is 163 Å². The van der Waals surface area contributed by atoms with Crippen molar-refractivity contribution in [1.29, 1.82) is 0 Å². The Kier molecular flexibility index (Phi) is 6.22. The number of ether oxygens (including phenoxy) is 1. The first-order valence-electron chi connectivity index (χ1n) is 8.57. The van der Waals surface area contributed by atoms with Crippen molar-refractivity contribution in [3.8, 4) is 5.75 Å². The Morgan fingerprint density at radius 2 is 1.88 bits per heavy atom. The number of benzene rings is 2. The summed E-state index contributed by atoms with van der Waals surface area (Å²) in [4.78, 5) is 0. The number of hydrogen-bond donors (Lipinski definition) is 0. The molecule has 0 bridgehead atoms. The number of hydrogen-bond acceptors (Lipinski definition) is 4. The van der Waals surface area contributed by atoms with E-state index in [1.54, 1.807) is 11.8 Å². The van der Waals surface area contributed by atoms with Crippen LogP contribution >= 0.6 is 23.4 Å². The van der Waals surface area contributed by atoms with Crippen molar-refractivity contribution in [3.63, 3.8) is 0 Å². The van der Waals surface area contributed by atoms with Crippen LogP contribution in [0, 0.1) is 13.8 Å². The molecule has 1 heterocycles. The van der Waals surface area contributed by atoms with Gasteiger partial charge in [0.1, 0.15) is 12.4 Å². The van der Waals surface area contributed by atoms with Crippen LogP contribution in [0.15, 0.2) is 47.6 Å². The molecule has 0 aliphatic carbocycles. The predicted octanol–water partition coefficient (Wildman–Crippen LogP) is 5.44. The Bertz CT molecular complexity index is 895. The number of thioether (sulfide) groups is 1. The molecule has 26 heavy (non-hydrogen) atoms. The molecule has 0 saturated carbocycles. The molecule has 0 aliphatic heterocycles. The molecule has 2 aromatic carbocycles. The Balaban J connectivity index is 1.70. The van der Waals surface area contributed by atoms with Gasteiger partial charge in [0.2, 0.25) is 0 Å². The Hall–Kier alpha value is -1.98. The summed E-state index contributed by atoms with van der Waals surface area (Å²) in [5.74, 6) is 2.48. The zero-order valence-corrected chi connectivity index (χ0v) is 16.8. The van der Waals surface area contributed by atoms with Gasteiger partial charge in [0.25, 0.3) is 0 Å². The summed E-state index contributed by atoms with van der Waals surface area (Å²) >= 11 is 7.87. The number of halogens is 1. The lowest BCUT2D eigenvalue weighted by Gasteiger charge is -2.12. The van der Waals surface area contributed by atoms with E-state index in [-0.39, 0.29) is 0 Å². The molecule has 0 saturated heterocycles. The SMILES string of the molecule is CCn1c(COc2cccc(C)c2C)nnc1SCc1ccccc1Cl. The average Bonchev–Trinajstić information content (AvgIpc) is 3.04. The van der Waals surface area contributed by atoms with Crippen LogP contribution in [0.3, 0.4) is 0 Å². The first-order chi connectivity index (χ1) is 12.6. The molecule has 136 valence electrons. The smallest absolute Gasteiger partial charge is 0.191 e. The van der Waals surface area contributed by atoms with Crippen molar-refractivity contribution in [2.24, 2.45) is 0 Å². The van der Waals surface area contributed by atoms with Gasteiger partial charge in [0, 0.05) is 17.3 Å². The summed E-state index contributed by atoms with van der Waals surface area (Å²) < 4.78 is 8.08. The number of aromatic nitrogens is 3. The zero-order chi connectivity index (χ0) is 18.5. The maximum atomic E-state index is 6.24. The molecule has 0 spiro atoms. The van der Waals surface area contributed by atoms with Crippen LogP contribution in [-0.2, 0) is 18.9 Å². The van der Waals surface area contributed by atoms with Crippen LogP contribution in [0.5, 0.6) is 5.75 Å². The van der Waals surface area contributed by atoms with Gasteiger partial charge in [0.05, 0.1) is 0 Å². The monoisotopic (exact) mass is 387 g/mol. The third-order valence-electron chi connectivity index (χ3n) is 4.34. The normalized spacial score (nSPS) is 10.9. The summed E-state index contributed by atoms with van der Waals surface area (Å²) in [7, 11) is 0. The quantitative estimate of drug-likeness (QED) is 0.506. The molecule has 0 unspecified atom stereocenters. The van der Waals surface area contributed by atoms with Gasteiger partial charge in [-0.1, -0.05) is 53.7 Å². The van der Waals surface area contributed by atoms with Gasteiger partial charge >= 0.3 is 0 Å². The summed E-state index contributed by atoms with van der Waals surface area (Å²) in [6.45, 7) is 7.44. The van der Waals surface area contributed by atoms with Gasteiger partial charge in [-0.2, -0.15) is 0 Å². The molecule has 4 nitrogen and oxygen atoms in total. The topological polar surface area (TPSA) is 39.9 Å². The second-order valence-electron chi connectivity index (χ2n) is 6.01. The van der Waals surface area contributed by atoms with Crippen molar-refractivity contribution in [2.45, 2.75) is 44.8 Å². The van der Waals surface area contributed by atoms with E-state index in [0.717, 1.165) is 45.2 Å². The highest BCUT2D eigenvalue weighted by molar-refractivity contribution is 7.98. The molecule has 0 aliphatic rings. The summed E-state index contributed by atoms with van der Waals surface area (Å²) in [6, 6.07) is 14.0. The van der Waals surface area contributed by atoms with Crippen LogP contribution < -0.4 is 4.74 Å². The van der Waals surface area contributed by atoms with E-state index in [1.165, 1.54) is 5.56 Å². The average molecular weight is 388 g/mol. The summed E-state index contributed by atoms with van der Waals surface area (Å²) in [5, 5.41) is 10.3. The minimum Gasteiger partial charge on any atom is -0.485 e. The Morgan fingerprint density at radius 1 is 1.08 bits per heavy atom. The molecule has 0 radical (unpaired) electrons. The van der Waals surface area contributed by atoms with Crippen molar-refractivity contribution < 1.29 is 4.74 Å². The maximum Gasteiger partial charge on any atom is 0.191 e. The van der Waals surface area contributed by atoms with Crippen molar-refractivity contribution in [2.75, 3.05) is 0 Å². The highest BCUT2D eigenvalue weighted by atomic mass is 35.5. The van der Waals surface area contributed by atoms with Crippen molar-refractivity contribution in [1.82, 2.24) is 14.8 Å². The van der Waals surface area contributed by atoms with E-state index < -0.39 is 0 Å². The lowest BCUT2D eigenvalue weighted by Crippen LogP contribution is -2.07. The van der Waals surface area contributed by atoms with Gasteiger partial charge < -0.3 is 9.30 Å². The molecular weight excluding hydrogens is 366 g/mol. The van der Waals surface area contributed by atoms with Crippen molar-refractivity contribution in [3.05, 3.63) is 70.0 Å². The van der Waals surface area contributed by atoms with E-state index in [2.05, 4.69) is 41.6 Å². The molecule has 0 N–H and O–H groups in total. The third kappa shape index (κ3) is 4.22. The minimum absolute atomic E-state index is 0.401. The Morgan fingerprint density at radius 3 is 2.65 bits per heavy atom. The lowest BCUT2D eigenvalue weighted by atomic mass is 10.1. The third-order valence-corrected chi connectivity index (χ3v) is 5.72. The van der Waals surface area contributed by atoms with E-state index >= 15 is 0 Å². The molecular formula is C20H22ClN3OS. The number of nitrogens with zero attached hydrogens (tertiary/aromatic N) is 3. The van der Waals surface area contributed by atoms with Crippen LogP contribution in [0.25, 0.3) is 0 Å². The van der Waals surface area contributed by atoms with Crippen LogP contribution in [-0.4, -0.2) is 14.8 Å². The lowest BCUT2D eigenvalue weighted by molar-refractivity contribution is 0.286. The maximum absolute atomic E-state index is 6.24. The second kappa shape index (κ2) is 8.60. The molecule has 6 heteroatoms. The van der Waals surface area contributed by atoms with Crippen molar-refractivity contribution >= 4 is 23.4 Å². The summed E-state index contributed by atoms with van der Waals surface area (Å²) in [5.41, 5.74) is 3.47. The molecule has 0 atom stereocenters. The highest BCUT2D eigenvalue weighted by Crippen LogP contribution is 2.27. The molecule has 0 fully saturated rings. The molecule has 3 rings (SSSR count). The van der Waals surface area contributed by atoms with E-state index in [1.807, 2.05) is 36.4 Å². The van der Waals surface area contributed by atoms with Gasteiger partial charge in [-0.25, -0.2) is 0 Å². The van der Waals surface area contributed by atoms with Gasteiger partial charge in [-0.05, 0) is 49.6 Å². The highest BCUT2D eigenvalue weighted by Gasteiger charge is 2.13. The van der Waals surface area contributed by atoms with E-state index in [0.29, 0.717) is 6.61 Å². The number of aryl methyl sites for hydroxylation is 1. The largest absolute Gasteiger partial charge is 0.485 e.